The summed E-state index contributed by atoms with van der Waals surface area (Å²) in [5.74, 6) is 2.24. The molecule has 1 aliphatic rings. The van der Waals surface area contributed by atoms with Crippen molar-refractivity contribution in [3.8, 4) is 11.5 Å². The third-order valence-electron chi connectivity index (χ3n) is 4.35. The topological polar surface area (TPSA) is 47.6 Å². The fraction of sp³-hybridized carbons (Fsp3) is 0.381. The molecule has 0 unspecified atom stereocenters. The van der Waals surface area contributed by atoms with E-state index in [2.05, 4.69) is 11.4 Å². The summed E-state index contributed by atoms with van der Waals surface area (Å²) in [6, 6.07) is 16.0. The first-order chi connectivity index (χ1) is 12.2. The molecule has 3 rings (SSSR count). The molecule has 0 spiro atoms. The molecule has 4 heteroatoms. The molecule has 2 aromatic rings. The second-order valence-corrected chi connectivity index (χ2v) is 6.56. The molecule has 1 atom stereocenters. The zero-order valence-electron chi connectivity index (χ0n) is 14.7. The molecule has 0 fully saturated rings. The quantitative estimate of drug-likeness (QED) is 0.785. The van der Waals surface area contributed by atoms with Gasteiger partial charge in [-0.2, -0.15) is 0 Å². The number of para-hydroxylation sites is 1. The van der Waals surface area contributed by atoms with Crippen molar-refractivity contribution in [1.29, 1.82) is 0 Å². The average molecular weight is 339 g/mol. The maximum atomic E-state index is 12.0. The van der Waals surface area contributed by atoms with E-state index in [-0.39, 0.29) is 5.91 Å². The number of fused-ring (bicyclic) bond motifs is 1. The Morgan fingerprint density at radius 1 is 1.24 bits per heavy atom. The van der Waals surface area contributed by atoms with Crippen molar-refractivity contribution < 1.29 is 14.3 Å². The van der Waals surface area contributed by atoms with Crippen LogP contribution in [0, 0.1) is 12.8 Å². The summed E-state index contributed by atoms with van der Waals surface area (Å²) in [5, 5.41) is 3.02. The lowest BCUT2D eigenvalue weighted by Gasteiger charge is -2.25. The molecule has 0 radical (unpaired) electrons. The monoisotopic (exact) mass is 339 g/mol. The summed E-state index contributed by atoms with van der Waals surface area (Å²) in [6.45, 7) is 3.91. The van der Waals surface area contributed by atoms with Crippen LogP contribution in [0.15, 0.2) is 48.5 Å². The number of hydrogen-bond donors (Lipinski definition) is 1. The van der Waals surface area contributed by atoms with E-state index in [0.29, 0.717) is 38.5 Å². The van der Waals surface area contributed by atoms with Crippen LogP contribution >= 0.6 is 0 Å². The van der Waals surface area contributed by atoms with E-state index in [4.69, 9.17) is 9.47 Å². The maximum Gasteiger partial charge on any atom is 0.220 e. The summed E-state index contributed by atoms with van der Waals surface area (Å²) in [5.41, 5.74) is 2.39. The first kappa shape index (κ1) is 17.3. The smallest absolute Gasteiger partial charge is 0.220 e. The Morgan fingerprint density at radius 2 is 2.12 bits per heavy atom. The molecule has 1 aliphatic heterocycles. The Morgan fingerprint density at radius 3 is 3.00 bits per heavy atom. The standard InChI is InChI=1S/C21H25NO3/c1-16-6-4-8-19(12-16)24-11-5-10-21(23)22-14-17-13-18-7-2-3-9-20(18)25-15-17/h2-4,6-9,12,17H,5,10-11,13-15H2,1H3,(H,22,23)/t17-/m0/s1. The zero-order chi connectivity index (χ0) is 17.5. The van der Waals surface area contributed by atoms with Crippen molar-refractivity contribution in [3.63, 3.8) is 0 Å². The van der Waals surface area contributed by atoms with Crippen LogP contribution in [-0.4, -0.2) is 25.7 Å². The second-order valence-electron chi connectivity index (χ2n) is 6.56. The molecule has 0 saturated carbocycles. The van der Waals surface area contributed by atoms with E-state index in [1.165, 1.54) is 11.1 Å². The molecule has 0 aliphatic carbocycles. The molecule has 0 aromatic heterocycles. The van der Waals surface area contributed by atoms with E-state index < -0.39 is 0 Å². The van der Waals surface area contributed by atoms with E-state index in [1.54, 1.807) is 0 Å². The van der Waals surface area contributed by atoms with Gasteiger partial charge in [-0.25, -0.2) is 0 Å². The largest absolute Gasteiger partial charge is 0.494 e. The van der Waals surface area contributed by atoms with Crippen molar-refractivity contribution in [2.75, 3.05) is 19.8 Å². The second kappa shape index (κ2) is 8.56. The number of amides is 1. The van der Waals surface area contributed by atoms with Gasteiger partial charge in [-0.3, -0.25) is 4.79 Å². The summed E-state index contributed by atoms with van der Waals surface area (Å²) >= 11 is 0. The number of carbonyl (C=O) groups is 1. The number of nitrogens with one attached hydrogen (secondary N) is 1. The molecule has 1 N–H and O–H groups in total. The minimum atomic E-state index is 0.0756. The highest BCUT2D eigenvalue weighted by molar-refractivity contribution is 5.75. The SMILES string of the molecule is Cc1cccc(OCCCC(=O)NC[C@H]2COc3ccccc3C2)c1. The lowest BCUT2D eigenvalue weighted by atomic mass is 9.97. The first-order valence-electron chi connectivity index (χ1n) is 8.87. The van der Waals surface area contributed by atoms with Gasteiger partial charge in [-0.05, 0) is 49.1 Å². The van der Waals surface area contributed by atoms with E-state index >= 15 is 0 Å². The van der Waals surface area contributed by atoms with E-state index in [1.807, 2.05) is 49.4 Å². The van der Waals surface area contributed by atoms with Gasteiger partial charge in [0, 0.05) is 18.9 Å². The van der Waals surface area contributed by atoms with Crippen molar-refractivity contribution in [3.05, 3.63) is 59.7 Å². The van der Waals surface area contributed by atoms with Gasteiger partial charge in [-0.15, -0.1) is 0 Å². The van der Waals surface area contributed by atoms with Gasteiger partial charge >= 0.3 is 0 Å². The molecular formula is C21H25NO3. The van der Waals surface area contributed by atoms with Crippen molar-refractivity contribution in [2.24, 2.45) is 5.92 Å². The Bertz CT molecular complexity index is 714. The fourth-order valence-electron chi connectivity index (χ4n) is 3.00. The molecule has 1 heterocycles. The van der Waals surface area contributed by atoms with Crippen LogP contribution in [0.25, 0.3) is 0 Å². The number of ether oxygens (including phenoxy) is 2. The molecule has 0 bridgehead atoms. The minimum absolute atomic E-state index is 0.0756. The normalized spacial score (nSPS) is 15.8. The van der Waals surface area contributed by atoms with Gasteiger partial charge < -0.3 is 14.8 Å². The van der Waals surface area contributed by atoms with Crippen LogP contribution in [0.5, 0.6) is 11.5 Å². The summed E-state index contributed by atoms with van der Waals surface area (Å²) in [6.07, 6.45) is 2.15. The highest BCUT2D eigenvalue weighted by Gasteiger charge is 2.19. The van der Waals surface area contributed by atoms with E-state index in [0.717, 1.165) is 17.9 Å². The number of benzene rings is 2. The molecule has 4 nitrogen and oxygen atoms in total. The highest BCUT2D eigenvalue weighted by Crippen LogP contribution is 2.26. The number of carbonyl (C=O) groups excluding carboxylic acids is 1. The fourth-order valence-corrected chi connectivity index (χ4v) is 3.00. The van der Waals surface area contributed by atoms with Crippen molar-refractivity contribution in [1.82, 2.24) is 5.32 Å². The predicted molar refractivity (Wildman–Crippen MR) is 98.0 cm³/mol. The Balaban J connectivity index is 1.32. The maximum absolute atomic E-state index is 12.0. The molecule has 25 heavy (non-hydrogen) atoms. The molecule has 1 amide bonds. The Labute approximate surface area is 149 Å². The number of aryl methyl sites for hydroxylation is 1. The van der Waals surface area contributed by atoms with Crippen LogP contribution < -0.4 is 14.8 Å². The molecule has 132 valence electrons. The third-order valence-corrected chi connectivity index (χ3v) is 4.35. The molecular weight excluding hydrogens is 314 g/mol. The van der Waals surface area contributed by atoms with Crippen LogP contribution in [0.2, 0.25) is 0 Å². The Kier molecular flexibility index (Phi) is 5.94. The zero-order valence-corrected chi connectivity index (χ0v) is 14.7. The first-order valence-corrected chi connectivity index (χ1v) is 8.87. The number of hydrogen-bond acceptors (Lipinski definition) is 3. The predicted octanol–water partition coefficient (Wildman–Crippen LogP) is 3.52. The van der Waals surface area contributed by atoms with Crippen molar-refractivity contribution in [2.45, 2.75) is 26.2 Å². The number of rotatable bonds is 7. The van der Waals surface area contributed by atoms with Gasteiger partial charge in [0.05, 0.1) is 13.2 Å². The van der Waals surface area contributed by atoms with Gasteiger partial charge in [0.15, 0.2) is 0 Å². The summed E-state index contributed by atoms with van der Waals surface area (Å²) in [4.78, 5) is 12.0. The molecule has 0 saturated heterocycles. The van der Waals surface area contributed by atoms with Gasteiger partial charge in [0.1, 0.15) is 11.5 Å². The van der Waals surface area contributed by atoms with Crippen LogP contribution in [0.3, 0.4) is 0 Å². The summed E-state index contributed by atoms with van der Waals surface area (Å²) < 4.78 is 11.4. The average Bonchev–Trinajstić information content (AvgIpc) is 2.63. The van der Waals surface area contributed by atoms with Crippen LogP contribution in [0.1, 0.15) is 24.0 Å². The van der Waals surface area contributed by atoms with Crippen molar-refractivity contribution >= 4 is 5.91 Å². The van der Waals surface area contributed by atoms with Gasteiger partial charge in [0.25, 0.3) is 0 Å². The third kappa shape index (κ3) is 5.24. The van der Waals surface area contributed by atoms with E-state index in [9.17, 15) is 4.79 Å². The lowest BCUT2D eigenvalue weighted by Crippen LogP contribution is -2.34. The highest BCUT2D eigenvalue weighted by atomic mass is 16.5. The van der Waals surface area contributed by atoms with Gasteiger partial charge in [0.2, 0.25) is 5.91 Å². The Hall–Kier alpha value is -2.49. The van der Waals surface area contributed by atoms with Gasteiger partial charge in [-0.1, -0.05) is 30.3 Å². The summed E-state index contributed by atoms with van der Waals surface area (Å²) in [7, 11) is 0. The molecule has 2 aromatic carbocycles. The lowest BCUT2D eigenvalue weighted by molar-refractivity contribution is -0.121. The van der Waals surface area contributed by atoms with Crippen LogP contribution in [0.4, 0.5) is 0 Å². The van der Waals surface area contributed by atoms with Crippen LogP contribution in [-0.2, 0) is 11.2 Å². The minimum Gasteiger partial charge on any atom is -0.494 e.